The van der Waals surface area contributed by atoms with Gasteiger partial charge in [0.1, 0.15) is 0 Å². The van der Waals surface area contributed by atoms with E-state index in [-0.39, 0.29) is 0 Å². The second-order valence-corrected chi connectivity index (χ2v) is 6.01. The lowest BCUT2D eigenvalue weighted by molar-refractivity contribution is 0.421. The van der Waals surface area contributed by atoms with E-state index in [0.717, 1.165) is 22.2 Å². The maximum atomic E-state index is 4.78. The van der Waals surface area contributed by atoms with Crippen LogP contribution in [0, 0.1) is 0 Å². The fourth-order valence-electron chi connectivity index (χ4n) is 2.62. The van der Waals surface area contributed by atoms with E-state index in [9.17, 15) is 0 Å². The molecule has 6 heteroatoms. The van der Waals surface area contributed by atoms with Gasteiger partial charge in [-0.25, -0.2) is 19.5 Å². The highest BCUT2D eigenvalue weighted by Gasteiger charge is 2.23. The number of thioether (sulfide) groups is 1. The monoisotopic (exact) mass is 297 g/mol. The van der Waals surface area contributed by atoms with Crippen molar-refractivity contribution >= 4 is 17.4 Å². The zero-order valence-corrected chi connectivity index (χ0v) is 12.5. The number of rotatable bonds is 3. The molecule has 0 aromatic carbocycles. The number of fused-ring (bicyclic) bond motifs is 1. The Hall–Kier alpha value is -1.95. The highest BCUT2D eigenvalue weighted by molar-refractivity contribution is 7.98. The third kappa shape index (κ3) is 2.19. The predicted molar refractivity (Wildman–Crippen MR) is 82.4 cm³/mol. The van der Waals surface area contributed by atoms with E-state index in [2.05, 4.69) is 15.1 Å². The maximum absolute atomic E-state index is 4.78. The number of hydrogen-bond donors (Lipinski definition) is 0. The Labute approximate surface area is 126 Å². The topological polar surface area (TPSA) is 56.0 Å². The van der Waals surface area contributed by atoms with Gasteiger partial charge in [-0.15, -0.1) is 0 Å². The highest BCUT2D eigenvalue weighted by Crippen LogP contribution is 2.38. The van der Waals surface area contributed by atoms with Crippen molar-refractivity contribution in [2.24, 2.45) is 0 Å². The van der Waals surface area contributed by atoms with Crippen LogP contribution in [0.4, 0.5) is 0 Å². The molecule has 0 atom stereocenters. The molecule has 106 valence electrons. The van der Waals surface area contributed by atoms with Gasteiger partial charge in [0.15, 0.2) is 10.8 Å². The summed E-state index contributed by atoms with van der Waals surface area (Å²) in [6, 6.07) is 3.86. The van der Waals surface area contributed by atoms with Crippen molar-refractivity contribution in [2.75, 3.05) is 6.26 Å². The summed E-state index contributed by atoms with van der Waals surface area (Å²) in [6.07, 6.45) is 11.5. The van der Waals surface area contributed by atoms with Crippen LogP contribution in [-0.2, 0) is 0 Å². The van der Waals surface area contributed by atoms with Gasteiger partial charge < -0.3 is 0 Å². The summed E-state index contributed by atoms with van der Waals surface area (Å²) < 4.78 is 1.85. The highest BCUT2D eigenvalue weighted by atomic mass is 32.2. The molecule has 0 spiro atoms. The molecular formula is C15H15N5S. The van der Waals surface area contributed by atoms with Crippen molar-refractivity contribution in [3.05, 3.63) is 36.3 Å². The molecule has 0 amide bonds. The SMILES string of the molecule is CSc1nccc(-c2ccn3ncc(C4CCC4)c3n2)n1. The van der Waals surface area contributed by atoms with E-state index >= 15 is 0 Å². The second-order valence-electron chi connectivity index (χ2n) is 5.24. The van der Waals surface area contributed by atoms with Crippen molar-refractivity contribution in [3.8, 4) is 11.4 Å². The molecule has 0 bridgehead atoms. The van der Waals surface area contributed by atoms with Crippen molar-refractivity contribution in [1.29, 1.82) is 0 Å². The van der Waals surface area contributed by atoms with Crippen LogP contribution in [0.5, 0.6) is 0 Å². The number of nitrogens with zero attached hydrogens (tertiary/aromatic N) is 5. The summed E-state index contributed by atoms with van der Waals surface area (Å²) in [5.41, 5.74) is 3.96. The molecule has 1 fully saturated rings. The molecule has 0 saturated heterocycles. The zero-order chi connectivity index (χ0) is 14.2. The van der Waals surface area contributed by atoms with Crippen LogP contribution in [0.3, 0.4) is 0 Å². The number of hydrogen-bond acceptors (Lipinski definition) is 5. The van der Waals surface area contributed by atoms with E-state index in [1.807, 2.05) is 35.3 Å². The lowest BCUT2D eigenvalue weighted by atomic mass is 9.81. The molecule has 21 heavy (non-hydrogen) atoms. The first-order valence-electron chi connectivity index (χ1n) is 7.07. The summed E-state index contributed by atoms with van der Waals surface area (Å²) in [5.74, 6) is 0.623. The molecule has 3 aromatic rings. The quantitative estimate of drug-likeness (QED) is 0.549. The fourth-order valence-corrected chi connectivity index (χ4v) is 2.97. The lowest BCUT2D eigenvalue weighted by Gasteiger charge is -2.24. The van der Waals surface area contributed by atoms with Crippen LogP contribution in [0.15, 0.2) is 35.9 Å². The molecule has 0 radical (unpaired) electrons. The summed E-state index contributed by atoms with van der Waals surface area (Å²) in [7, 11) is 0. The summed E-state index contributed by atoms with van der Waals surface area (Å²) in [6.45, 7) is 0. The van der Waals surface area contributed by atoms with Gasteiger partial charge in [-0.1, -0.05) is 18.2 Å². The van der Waals surface area contributed by atoms with Crippen LogP contribution in [-0.4, -0.2) is 30.8 Å². The van der Waals surface area contributed by atoms with Gasteiger partial charge in [0, 0.05) is 18.0 Å². The van der Waals surface area contributed by atoms with Crippen molar-refractivity contribution in [1.82, 2.24) is 24.6 Å². The van der Waals surface area contributed by atoms with Gasteiger partial charge in [-0.05, 0) is 37.1 Å². The normalized spacial score (nSPS) is 15.3. The van der Waals surface area contributed by atoms with Gasteiger partial charge in [0.25, 0.3) is 0 Å². The Morgan fingerprint density at radius 1 is 1.19 bits per heavy atom. The lowest BCUT2D eigenvalue weighted by Crippen LogP contribution is -2.08. The summed E-state index contributed by atoms with van der Waals surface area (Å²) in [4.78, 5) is 13.5. The largest absolute Gasteiger partial charge is 0.231 e. The van der Waals surface area contributed by atoms with E-state index in [4.69, 9.17) is 4.98 Å². The Morgan fingerprint density at radius 2 is 2.05 bits per heavy atom. The fraction of sp³-hybridized carbons (Fsp3) is 0.333. The standard InChI is InChI=1S/C15H15N5S/c1-21-15-16-7-5-12(19-15)13-6-8-20-14(18-13)11(9-17-20)10-3-2-4-10/h5-10H,2-4H2,1H3. The molecule has 0 aliphatic heterocycles. The van der Waals surface area contributed by atoms with Gasteiger partial charge in [0.05, 0.1) is 17.6 Å². The van der Waals surface area contributed by atoms with Crippen molar-refractivity contribution in [2.45, 2.75) is 30.3 Å². The van der Waals surface area contributed by atoms with E-state index in [1.54, 1.807) is 6.20 Å². The molecule has 1 aliphatic rings. The van der Waals surface area contributed by atoms with Crippen LogP contribution in [0.2, 0.25) is 0 Å². The molecule has 3 aromatic heterocycles. The Morgan fingerprint density at radius 3 is 2.81 bits per heavy atom. The molecule has 3 heterocycles. The first-order chi connectivity index (χ1) is 10.3. The second kappa shape index (κ2) is 5.11. The molecular weight excluding hydrogens is 282 g/mol. The first-order valence-corrected chi connectivity index (χ1v) is 8.29. The minimum absolute atomic E-state index is 0.623. The maximum Gasteiger partial charge on any atom is 0.187 e. The average Bonchev–Trinajstić information content (AvgIpc) is 2.89. The van der Waals surface area contributed by atoms with Crippen LogP contribution in [0.1, 0.15) is 30.7 Å². The van der Waals surface area contributed by atoms with Crippen LogP contribution < -0.4 is 0 Å². The van der Waals surface area contributed by atoms with Crippen LogP contribution in [0.25, 0.3) is 17.0 Å². The van der Waals surface area contributed by atoms with E-state index < -0.39 is 0 Å². The third-order valence-electron chi connectivity index (χ3n) is 4.02. The summed E-state index contributed by atoms with van der Waals surface area (Å²) >= 11 is 1.54. The predicted octanol–water partition coefficient (Wildman–Crippen LogP) is 3.18. The molecule has 1 aliphatic carbocycles. The van der Waals surface area contributed by atoms with Gasteiger partial charge in [0.2, 0.25) is 0 Å². The molecule has 4 rings (SSSR count). The zero-order valence-electron chi connectivity index (χ0n) is 11.7. The molecule has 0 N–H and O–H groups in total. The smallest absolute Gasteiger partial charge is 0.187 e. The molecule has 0 unspecified atom stereocenters. The van der Waals surface area contributed by atoms with E-state index in [1.165, 1.54) is 36.6 Å². The van der Waals surface area contributed by atoms with Crippen molar-refractivity contribution in [3.63, 3.8) is 0 Å². The molecule has 5 nitrogen and oxygen atoms in total. The minimum atomic E-state index is 0.623. The van der Waals surface area contributed by atoms with Gasteiger partial charge in [-0.2, -0.15) is 5.10 Å². The Balaban J connectivity index is 1.81. The average molecular weight is 297 g/mol. The van der Waals surface area contributed by atoms with Gasteiger partial charge >= 0.3 is 0 Å². The Kier molecular flexibility index (Phi) is 3.11. The minimum Gasteiger partial charge on any atom is -0.231 e. The van der Waals surface area contributed by atoms with E-state index in [0.29, 0.717) is 5.92 Å². The number of aromatic nitrogens is 5. The molecule has 1 saturated carbocycles. The third-order valence-corrected chi connectivity index (χ3v) is 4.58. The summed E-state index contributed by atoms with van der Waals surface area (Å²) in [5, 5.41) is 5.17. The Bertz CT molecular complexity index is 794. The van der Waals surface area contributed by atoms with Crippen LogP contribution >= 0.6 is 11.8 Å². The van der Waals surface area contributed by atoms with Gasteiger partial charge in [-0.3, -0.25) is 0 Å². The van der Waals surface area contributed by atoms with Crippen molar-refractivity contribution < 1.29 is 0 Å². The first kappa shape index (κ1) is 12.8.